The molecule has 0 aliphatic carbocycles. The summed E-state index contributed by atoms with van der Waals surface area (Å²) in [7, 11) is 2.03. The summed E-state index contributed by atoms with van der Waals surface area (Å²) in [5.74, 6) is -0.938. The molecule has 0 saturated heterocycles. The van der Waals surface area contributed by atoms with E-state index >= 15 is 0 Å². The topological polar surface area (TPSA) is 86.9 Å². The molecule has 0 saturated carbocycles. The number of phenolic OH excluding ortho intramolecular Hbond substituents is 2. The molecule has 6 nitrogen and oxygen atoms in total. The van der Waals surface area contributed by atoms with Crippen molar-refractivity contribution in [2.45, 2.75) is 0 Å². The molecule has 3 aromatic carbocycles. The Balaban J connectivity index is 1.61. The Hall–Kier alpha value is -3.80. The van der Waals surface area contributed by atoms with Crippen molar-refractivity contribution in [3.05, 3.63) is 71.8 Å². The maximum absolute atomic E-state index is 12.1. The minimum atomic E-state index is -0.606. The molecule has 27 heavy (non-hydrogen) atoms. The van der Waals surface area contributed by atoms with E-state index in [0.29, 0.717) is 0 Å². The minimum absolute atomic E-state index is 0.0448. The molecule has 0 aliphatic rings. The number of fused-ring (bicyclic) bond motifs is 3. The van der Waals surface area contributed by atoms with Crippen molar-refractivity contribution in [3.63, 3.8) is 0 Å². The van der Waals surface area contributed by atoms with Crippen LogP contribution in [-0.2, 0) is 7.05 Å². The first-order valence-corrected chi connectivity index (χ1v) is 8.37. The first-order chi connectivity index (χ1) is 13.0. The van der Waals surface area contributed by atoms with Crippen LogP contribution in [0.15, 0.2) is 65.8 Å². The standard InChI is InChI=1S/C21H17N3O3/c1-24-18-5-3-2-4-15(18)16-10-13(6-8-19(16)24)12-22-23-21(27)17-11-14(25)7-9-20(17)26/h2-12,25-26H,1H3,(H,23,27). The third-order valence-electron chi connectivity index (χ3n) is 4.54. The minimum Gasteiger partial charge on any atom is -0.508 e. The number of hydrogen-bond acceptors (Lipinski definition) is 4. The molecule has 0 radical (unpaired) electrons. The van der Waals surface area contributed by atoms with E-state index in [-0.39, 0.29) is 17.1 Å². The summed E-state index contributed by atoms with van der Waals surface area (Å²) < 4.78 is 2.14. The molecule has 0 aliphatic heterocycles. The highest BCUT2D eigenvalue weighted by molar-refractivity contribution is 6.09. The maximum atomic E-state index is 12.1. The van der Waals surface area contributed by atoms with Gasteiger partial charge >= 0.3 is 0 Å². The quantitative estimate of drug-likeness (QED) is 0.297. The lowest BCUT2D eigenvalue weighted by atomic mass is 10.1. The molecule has 0 atom stereocenters. The average molecular weight is 359 g/mol. The van der Waals surface area contributed by atoms with Crippen LogP contribution in [0, 0.1) is 0 Å². The fourth-order valence-electron chi connectivity index (χ4n) is 3.20. The van der Waals surface area contributed by atoms with Crippen LogP contribution in [0.25, 0.3) is 21.8 Å². The van der Waals surface area contributed by atoms with Crippen LogP contribution >= 0.6 is 0 Å². The molecule has 134 valence electrons. The van der Waals surface area contributed by atoms with Gasteiger partial charge in [-0.05, 0) is 42.0 Å². The van der Waals surface area contributed by atoms with E-state index < -0.39 is 5.91 Å². The fraction of sp³-hybridized carbons (Fsp3) is 0.0476. The highest BCUT2D eigenvalue weighted by Crippen LogP contribution is 2.28. The predicted molar refractivity (Wildman–Crippen MR) is 105 cm³/mol. The van der Waals surface area contributed by atoms with E-state index in [0.717, 1.165) is 27.4 Å². The maximum Gasteiger partial charge on any atom is 0.275 e. The van der Waals surface area contributed by atoms with E-state index in [1.54, 1.807) is 6.21 Å². The van der Waals surface area contributed by atoms with Crippen molar-refractivity contribution in [2.24, 2.45) is 12.1 Å². The SMILES string of the molecule is Cn1c2ccccc2c2cc(C=NNC(=O)c3cc(O)ccc3O)ccc21. The number of hydrazone groups is 1. The summed E-state index contributed by atoms with van der Waals surface area (Å²) in [6.07, 6.45) is 1.54. The van der Waals surface area contributed by atoms with Gasteiger partial charge in [-0.3, -0.25) is 4.79 Å². The first kappa shape index (κ1) is 16.7. The number of nitrogens with one attached hydrogen (secondary N) is 1. The molecule has 1 heterocycles. The van der Waals surface area contributed by atoms with Crippen LogP contribution in [0.3, 0.4) is 0 Å². The Kier molecular flexibility index (Phi) is 4.01. The Labute approximate surface area is 155 Å². The largest absolute Gasteiger partial charge is 0.508 e. The van der Waals surface area contributed by atoms with Gasteiger partial charge in [0.05, 0.1) is 11.8 Å². The number of phenols is 2. The summed E-state index contributed by atoms with van der Waals surface area (Å²) in [6.45, 7) is 0. The van der Waals surface area contributed by atoms with Crippen molar-refractivity contribution in [2.75, 3.05) is 0 Å². The fourth-order valence-corrected chi connectivity index (χ4v) is 3.20. The monoisotopic (exact) mass is 359 g/mol. The van der Waals surface area contributed by atoms with Crippen molar-refractivity contribution in [3.8, 4) is 11.5 Å². The van der Waals surface area contributed by atoms with Crippen LogP contribution in [0.2, 0.25) is 0 Å². The molecular formula is C21H17N3O3. The Bertz CT molecular complexity index is 1210. The van der Waals surface area contributed by atoms with Crippen molar-refractivity contribution in [1.82, 2.24) is 9.99 Å². The van der Waals surface area contributed by atoms with Gasteiger partial charge < -0.3 is 14.8 Å². The highest BCUT2D eigenvalue weighted by atomic mass is 16.3. The number of aromatic hydroxyl groups is 2. The van der Waals surface area contributed by atoms with Crippen LogP contribution in [-0.4, -0.2) is 26.9 Å². The van der Waals surface area contributed by atoms with Gasteiger partial charge in [0.15, 0.2) is 0 Å². The van der Waals surface area contributed by atoms with E-state index in [1.165, 1.54) is 18.2 Å². The lowest BCUT2D eigenvalue weighted by Gasteiger charge is -2.03. The number of nitrogens with zero attached hydrogens (tertiary/aromatic N) is 2. The molecule has 4 aromatic rings. The van der Waals surface area contributed by atoms with Gasteiger partial charge in [0.25, 0.3) is 5.91 Å². The second-order valence-corrected chi connectivity index (χ2v) is 6.25. The van der Waals surface area contributed by atoms with Crippen molar-refractivity contribution >= 4 is 33.9 Å². The molecule has 0 bridgehead atoms. The van der Waals surface area contributed by atoms with Crippen LogP contribution in [0.4, 0.5) is 0 Å². The van der Waals surface area contributed by atoms with E-state index in [1.807, 2.05) is 37.4 Å². The van der Waals surface area contributed by atoms with Crippen LogP contribution in [0.1, 0.15) is 15.9 Å². The third kappa shape index (κ3) is 2.97. The first-order valence-electron chi connectivity index (χ1n) is 8.37. The van der Waals surface area contributed by atoms with Crippen molar-refractivity contribution in [1.29, 1.82) is 0 Å². The van der Waals surface area contributed by atoms with E-state index in [9.17, 15) is 15.0 Å². The van der Waals surface area contributed by atoms with Gasteiger partial charge in [-0.15, -0.1) is 0 Å². The lowest BCUT2D eigenvalue weighted by Crippen LogP contribution is -2.17. The number of aromatic nitrogens is 1. The Morgan fingerprint density at radius 2 is 1.78 bits per heavy atom. The molecule has 0 spiro atoms. The number of rotatable bonds is 3. The number of amides is 1. The molecular weight excluding hydrogens is 342 g/mol. The summed E-state index contributed by atoms with van der Waals surface area (Å²) >= 11 is 0. The number of para-hydroxylation sites is 1. The average Bonchev–Trinajstić information content (AvgIpc) is 2.96. The normalized spacial score (nSPS) is 11.4. The number of benzene rings is 3. The molecule has 1 amide bonds. The van der Waals surface area contributed by atoms with Gasteiger partial charge in [0.1, 0.15) is 11.5 Å². The smallest absolute Gasteiger partial charge is 0.275 e. The number of aryl methyl sites for hydroxylation is 1. The van der Waals surface area contributed by atoms with E-state index in [2.05, 4.69) is 27.2 Å². The molecule has 0 unspecified atom stereocenters. The second kappa shape index (κ2) is 6.49. The number of hydrogen-bond donors (Lipinski definition) is 3. The predicted octanol–water partition coefficient (Wildman–Crippen LogP) is 3.51. The van der Waals surface area contributed by atoms with Crippen molar-refractivity contribution < 1.29 is 15.0 Å². The molecule has 0 fully saturated rings. The third-order valence-corrected chi connectivity index (χ3v) is 4.54. The van der Waals surface area contributed by atoms with Gasteiger partial charge in [-0.2, -0.15) is 5.10 Å². The van der Waals surface area contributed by atoms with Crippen LogP contribution in [0.5, 0.6) is 11.5 Å². The molecule has 3 N–H and O–H groups in total. The van der Waals surface area contributed by atoms with Crippen LogP contribution < -0.4 is 5.43 Å². The zero-order valence-electron chi connectivity index (χ0n) is 14.5. The Morgan fingerprint density at radius 3 is 2.63 bits per heavy atom. The van der Waals surface area contributed by atoms with Gasteiger partial charge in [-0.1, -0.05) is 24.3 Å². The lowest BCUT2D eigenvalue weighted by molar-refractivity contribution is 0.0952. The highest BCUT2D eigenvalue weighted by Gasteiger charge is 2.11. The molecule has 1 aromatic heterocycles. The Morgan fingerprint density at radius 1 is 1.00 bits per heavy atom. The van der Waals surface area contributed by atoms with Gasteiger partial charge in [-0.25, -0.2) is 5.43 Å². The number of carbonyl (C=O) groups is 1. The summed E-state index contributed by atoms with van der Waals surface area (Å²) in [4.78, 5) is 12.1. The number of carbonyl (C=O) groups excluding carboxylic acids is 1. The summed E-state index contributed by atoms with van der Waals surface area (Å²) in [6, 6.07) is 17.8. The van der Waals surface area contributed by atoms with E-state index in [4.69, 9.17) is 0 Å². The van der Waals surface area contributed by atoms with Gasteiger partial charge in [0, 0.05) is 28.9 Å². The summed E-state index contributed by atoms with van der Waals surface area (Å²) in [5.41, 5.74) is 5.41. The zero-order valence-corrected chi connectivity index (χ0v) is 14.5. The molecule has 4 rings (SSSR count). The second-order valence-electron chi connectivity index (χ2n) is 6.25. The molecule has 6 heteroatoms. The summed E-state index contributed by atoms with van der Waals surface area (Å²) in [5, 5.41) is 25.4. The van der Waals surface area contributed by atoms with Gasteiger partial charge in [0.2, 0.25) is 0 Å². The zero-order chi connectivity index (χ0) is 19.0.